The third-order valence-electron chi connectivity index (χ3n) is 2.39. The molecule has 0 heterocycles. The summed E-state index contributed by atoms with van der Waals surface area (Å²) in [7, 11) is 0. The van der Waals surface area contributed by atoms with E-state index in [4.69, 9.17) is 5.73 Å². The smallest absolute Gasteiger partial charge is 0.220 e. The van der Waals surface area contributed by atoms with Crippen molar-refractivity contribution >= 4 is 12.2 Å². The normalized spacial score (nSPS) is 13.6. The van der Waals surface area contributed by atoms with Gasteiger partial charge in [-0.1, -0.05) is 26.0 Å². The Morgan fingerprint density at radius 1 is 1.44 bits per heavy atom. The number of carbonyl (C=O) groups excluding carboxylic acids is 2. The Balaban J connectivity index is 3.86. The quantitative estimate of drug-likeness (QED) is 0.374. The Morgan fingerprint density at radius 2 is 2.17 bits per heavy atom. The van der Waals surface area contributed by atoms with Gasteiger partial charge >= 0.3 is 0 Å². The van der Waals surface area contributed by atoms with Crippen LogP contribution in [0.3, 0.4) is 0 Å². The van der Waals surface area contributed by atoms with Crippen LogP contribution >= 0.6 is 0 Å². The molecule has 0 aliphatic rings. The summed E-state index contributed by atoms with van der Waals surface area (Å²) in [5.74, 6) is 0.163. The molecule has 18 heavy (non-hydrogen) atoms. The van der Waals surface area contributed by atoms with Crippen LogP contribution in [0.5, 0.6) is 0 Å². The van der Waals surface area contributed by atoms with E-state index in [0.29, 0.717) is 25.8 Å². The molecule has 1 atom stereocenters. The van der Waals surface area contributed by atoms with Crippen LogP contribution in [-0.4, -0.2) is 18.7 Å². The molecule has 0 fully saturated rings. The Hall–Kier alpha value is -1.58. The van der Waals surface area contributed by atoms with Crippen molar-refractivity contribution < 1.29 is 9.59 Å². The van der Waals surface area contributed by atoms with Crippen molar-refractivity contribution in [3.63, 3.8) is 0 Å². The minimum absolute atomic E-state index is 0.0103. The number of nitrogens with two attached hydrogens (primary N) is 1. The number of amides is 1. The van der Waals surface area contributed by atoms with Gasteiger partial charge in [-0.3, -0.25) is 4.79 Å². The monoisotopic (exact) mass is 252 g/mol. The predicted molar refractivity (Wildman–Crippen MR) is 73.8 cm³/mol. The fourth-order valence-electron chi connectivity index (χ4n) is 1.42. The summed E-state index contributed by atoms with van der Waals surface area (Å²) in [5, 5.41) is 2.78. The lowest BCUT2D eigenvalue weighted by atomic mass is 10.1. The van der Waals surface area contributed by atoms with Gasteiger partial charge in [0.05, 0.1) is 0 Å². The Labute approximate surface area is 109 Å². The van der Waals surface area contributed by atoms with Crippen LogP contribution in [-0.2, 0) is 9.59 Å². The van der Waals surface area contributed by atoms with Crippen LogP contribution < -0.4 is 11.1 Å². The third-order valence-corrected chi connectivity index (χ3v) is 2.39. The molecule has 0 saturated heterocycles. The minimum Gasteiger partial charge on any atom is -0.399 e. The fourth-order valence-corrected chi connectivity index (χ4v) is 1.42. The van der Waals surface area contributed by atoms with E-state index in [9.17, 15) is 9.59 Å². The number of unbranched alkanes of at least 4 members (excludes halogenated alkanes) is 1. The summed E-state index contributed by atoms with van der Waals surface area (Å²) in [5.41, 5.74) is 6.45. The van der Waals surface area contributed by atoms with E-state index < -0.39 is 0 Å². The van der Waals surface area contributed by atoms with Crippen LogP contribution in [0.15, 0.2) is 23.9 Å². The SMILES string of the molecule is CC/C=C(N)\C=C/C(C)CC(=O)NCCCC=O. The standard InChI is InChI=1S/C14H24N2O2/c1-3-6-13(15)8-7-12(2)11-14(18)16-9-4-5-10-17/h6-8,10,12H,3-5,9,11,15H2,1-2H3,(H,16,18)/b8-7-,13-6+. The van der Waals surface area contributed by atoms with Gasteiger partial charge in [-0.25, -0.2) is 0 Å². The first kappa shape index (κ1) is 16.4. The highest BCUT2D eigenvalue weighted by Gasteiger charge is 2.05. The van der Waals surface area contributed by atoms with Crippen LogP contribution in [0.2, 0.25) is 0 Å². The molecule has 0 spiro atoms. The van der Waals surface area contributed by atoms with Gasteiger partial charge in [0.15, 0.2) is 0 Å². The van der Waals surface area contributed by atoms with Crippen LogP contribution in [0, 0.1) is 5.92 Å². The molecule has 1 unspecified atom stereocenters. The maximum absolute atomic E-state index is 11.5. The largest absolute Gasteiger partial charge is 0.399 e. The molecule has 0 aliphatic carbocycles. The molecule has 0 aliphatic heterocycles. The van der Waals surface area contributed by atoms with Gasteiger partial charge in [-0.05, 0) is 24.8 Å². The van der Waals surface area contributed by atoms with E-state index in [1.807, 2.05) is 32.1 Å². The molecule has 1 amide bonds. The van der Waals surface area contributed by atoms with E-state index >= 15 is 0 Å². The van der Waals surface area contributed by atoms with Crippen molar-refractivity contribution in [3.8, 4) is 0 Å². The summed E-state index contributed by atoms with van der Waals surface area (Å²) >= 11 is 0. The van der Waals surface area contributed by atoms with Gasteiger partial charge in [0.2, 0.25) is 5.91 Å². The second-order valence-electron chi connectivity index (χ2n) is 4.31. The molecular weight excluding hydrogens is 228 g/mol. The number of hydrogen-bond acceptors (Lipinski definition) is 3. The first-order valence-electron chi connectivity index (χ1n) is 6.44. The van der Waals surface area contributed by atoms with Crippen molar-refractivity contribution in [2.75, 3.05) is 6.54 Å². The molecule has 0 bridgehead atoms. The van der Waals surface area contributed by atoms with E-state index in [0.717, 1.165) is 18.4 Å². The molecule has 4 heteroatoms. The van der Waals surface area contributed by atoms with Gasteiger partial charge in [0.1, 0.15) is 6.29 Å². The average Bonchev–Trinajstić information content (AvgIpc) is 2.32. The van der Waals surface area contributed by atoms with Crippen LogP contribution in [0.4, 0.5) is 0 Å². The lowest BCUT2D eigenvalue weighted by Gasteiger charge is -2.07. The van der Waals surface area contributed by atoms with E-state index in [1.165, 1.54) is 0 Å². The summed E-state index contributed by atoms with van der Waals surface area (Å²) in [6, 6.07) is 0. The van der Waals surface area contributed by atoms with Crippen LogP contribution in [0.25, 0.3) is 0 Å². The third kappa shape index (κ3) is 9.63. The highest BCUT2D eigenvalue weighted by Crippen LogP contribution is 2.05. The number of aldehydes is 1. The van der Waals surface area contributed by atoms with Gasteiger partial charge in [0, 0.05) is 25.1 Å². The highest BCUT2D eigenvalue weighted by atomic mass is 16.1. The number of hydrogen-bond donors (Lipinski definition) is 2. The van der Waals surface area contributed by atoms with Gasteiger partial charge < -0.3 is 15.8 Å². The molecular formula is C14H24N2O2. The van der Waals surface area contributed by atoms with E-state index in [1.54, 1.807) is 0 Å². The molecule has 0 saturated carbocycles. The summed E-state index contributed by atoms with van der Waals surface area (Å²) in [6.45, 7) is 4.56. The molecule has 0 rings (SSSR count). The summed E-state index contributed by atoms with van der Waals surface area (Å²) in [4.78, 5) is 21.6. The van der Waals surface area contributed by atoms with Gasteiger partial charge in [-0.15, -0.1) is 0 Å². The zero-order valence-electron chi connectivity index (χ0n) is 11.3. The number of carbonyl (C=O) groups is 2. The molecule has 0 aromatic heterocycles. The predicted octanol–water partition coefficient (Wildman–Crippen LogP) is 1.92. The fraction of sp³-hybridized carbons (Fsp3) is 0.571. The van der Waals surface area contributed by atoms with Crippen molar-refractivity contribution in [3.05, 3.63) is 23.9 Å². The molecule has 3 N–H and O–H groups in total. The Morgan fingerprint density at radius 3 is 2.78 bits per heavy atom. The molecule has 0 radical (unpaired) electrons. The minimum atomic E-state index is 0.0103. The number of rotatable bonds is 9. The van der Waals surface area contributed by atoms with Crippen LogP contribution in [0.1, 0.15) is 39.5 Å². The summed E-state index contributed by atoms with van der Waals surface area (Å²) < 4.78 is 0. The number of allylic oxidation sites excluding steroid dienone is 3. The summed E-state index contributed by atoms with van der Waals surface area (Å²) in [6.07, 6.45) is 9.11. The maximum Gasteiger partial charge on any atom is 0.220 e. The van der Waals surface area contributed by atoms with E-state index in [2.05, 4.69) is 5.32 Å². The van der Waals surface area contributed by atoms with Crippen molar-refractivity contribution in [2.45, 2.75) is 39.5 Å². The highest BCUT2D eigenvalue weighted by molar-refractivity contribution is 5.76. The van der Waals surface area contributed by atoms with Gasteiger partial charge in [-0.2, -0.15) is 0 Å². The van der Waals surface area contributed by atoms with Crippen molar-refractivity contribution in [1.82, 2.24) is 5.32 Å². The lowest BCUT2D eigenvalue weighted by molar-refractivity contribution is -0.121. The second kappa shape index (κ2) is 10.6. The maximum atomic E-state index is 11.5. The number of nitrogens with one attached hydrogen (secondary N) is 1. The van der Waals surface area contributed by atoms with Crippen molar-refractivity contribution in [1.29, 1.82) is 0 Å². The zero-order chi connectivity index (χ0) is 13.8. The van der Waals surface area contributed by atoms with E-state index in [-0.39, 0.29) is 11.8 Å². The Kier molecular flexibility index (Phi) is 9.64. The zero-order valence-corrected chi connectivity index (χ0v) is 11.3. The molecule has 0 aromatic carbocycles. The topological polar surface area (TPSA) is 72.2 Å². The molecule has 0 aromatic rings. The average molecular weight is 252 g/mol. The first-order chi connectivity index (χ1) is 8.60. The Bertz CT molecular complexity index is 309. The van der Waals surface area contributed by atoms with Crippen molar-refractivity contribution in [2.24, 2.45) is 11.7 Å². The van der Waals surface area contributed by atoms with Gasteiger partial charge in [0.25, 0.3) is 0 Å². The molecule has 102 valence electrons. The molecule has 4 nitrogen and oxygen atoms in total. The lowest BCUT2D eigenvalue weighted by Crippen LogP contribution is -2.25. The second-order valence-corrected chi connectivity index (χ2v) is 4.31. The first-order valence-corrected chi connectivity index (χ1v) is 6.44.